The molecule has 0 fully saturated rings. The summed E-state index contributed by atoms with van der Waals surface area (Å²) in [5, 5.41) is 0. The van der Waals surface area contributed by atoms with Crippen molar-refractivity contribution >= 4 is 0 Å². The quantitative estimate of drug-likeness (QED) is 0.484. The van der Waals surface area contributed by atoms with Crippen LogP contribution in [-0.2, 0) is 0 Å². The Morgan fingerprint density at radius 3 is 2.54 bits per heavy atom. The van der Waals surface area contributed by atoms with E-state index in [0.29, 0.717) is 0 Å². The van der Waals surface area contributed by atoms with E-state index in [2.05, 4.69) is 42.9 Å². The van der Waals surface area contributed by atoms with Crippen LogP contribution in [0.15, 0.2) is 36.5 Å². The van der Waals surface area contributed by atoms with Crippen molar-refractivity contribution in [3.8, 4) is 0 Å². The number of rotatable bonds is 0. The van der Waals surface area contributed by atoms with Crippen LogP contribution in [0.4, 0.5) is 0 Å². The molecule has 0 saturated heterocycles. The average molecular weight is 175 g/mol. The maximum atomic E-state index is 2.40. The van der Waals surface area contributed by atoms with Gasteiger partial charge in [0, 0.05) is 0 Å². The van der Waals surface area contributed by atoms with Crippen LogP contribution in [0.3, 0.4) is 0 Å². The molecule has 1 radical (unpaired) electrons. The van der Waals surface area contributed by atoms with Crippen LogP contribution in [-0.4, -0.2) is 0 Å². The van der Waals surface area contributed by atoms with Gasteiger partial charge in [0.1, 0.15) is 0 Å². The molecule has 0 heteroatoms. The molecule has 0 aliphatic heterocycles. The molecule has 1 aliphatic carbocycles. The van der Waals surface area contributed by atoms with Gasteiger partial charge in [0.25, 0.3) is 0 Å². The van der Waals surface area contributed by atoms with Gasteiger partial charge in [-0.25, -0.2) is 0 Å². The zero-order valence-corrected chi connectivity index (χ0v) is 8.28. The molecule has 0 aromatic heterocycles. The lowest BCUT2D eigenvalue weighted by Crippen LogP contribution is -1.77. The van der Waals surface area contributed by atoms with Crippen molar-refractivity contribution in [3.63, 3.8) is 0 Å². The first kappa shape index (κ1) is 10.3. The maximum absolute atomic E-state index is 2.40. The lowest BCUT2D eigenvalue weighted by Gasteiger charge is -1.95. The van der Waals surface area contributed by atoms with E-state index in [0.717, 1.165) is 6.42 Å². The zero-order chi connectivity index (χ0) is 9.19. The van der Waals surface area contributed by atoms with E-state index in [1.54, 1.807) is 0 Å². The van der Waals surface area contributed by atoms with Gasteiger partial charge >= 0.3 is 0 Å². The van der Waals surface area contributed by atoms with Crippen LogP contribution >= 0.6 is 0 Å². The number of hydrogen-bond donors (Lipinski definition) is 0. The van der Waals surface area contributed by atoms with E-state index in [1.165, 1.54) is 32.1 Å². The molecular formula is C13H19. The minimum atomic E-state index is 1.08. The molecule has 13 heavy (non-hydrogen) atoms. The van der Waals surface area contributed by atoms with Gasteiger partial charge in [-0.1, -0.05) is 36.5 Å². The minimum Gasteiger partial charge on any atom is -0.0882 e. The summed E-state index contributed by atoms with van der Waals surface area (Å²) in [6.07, 6.45) is 23.0. The van der Waals surface area contributed by atoms with Gasteiger partial charge in [0.15, 0.2) is 0 Å². The fourth-order valence-corrected chi connectivity index (χ4v) is 1.36. The summed E-state index contributed by atoms with van der Waals surface area (Å²) in [6, 6.07) is 0. The highest BCUT2D eigenvalue weighted by atomic mass is 13.9. The first-order chi connectivity index (χ1) is 6.50. The Labute approximate surface area is 82.0 Å². The van der Waals surface area contributed by atoms with E-state index < -0.39 is 0 Å². The van der Waals surface area contributed by atoms with E-state index in [9.17, 15) is 0 Å². The van der Waals surface area contributed by atoms with Crippen molar-refractivity contribution in [2.24, 2.45) is 0 Å². The van der Waals surface area contributed by atoms with E-state index in [-0.39, 0.29) is 0 Å². The fraction of sp³-hybridized carbons (Fsp3) is 0.462. The third-order valence-electron chi connectivity index (χ3n) is 2.14. The Morgan fingerprint density at radius 2 is 1.54 bits per heavy atom. The first-order valence-electron chi connectivity index (χ1n) is 5.28. The van der Waals surface area contributed by atoms with Gasteiger partial charge < -0.3 is 0 Å². The van der Waals surface area contributed by atoms with Crippen LogP contribution in [0.25, 0.3) is 0 Å². The fourth-order valence-electron chi connectivity index (χ4n) is 1.36. The summed E-state index contributed by atoms with van der Waals surface area (Å²) in [6.45, 7) is 0. The largest absolute Gasteiger partial charge is 0.0882 e. The van der Waals surface area contributed by atoms with Gasteiger partial charge in [-0.05, 0) is 44.9 Å². The first-order valence-corrected chi connectivity index (χ1v) is 5.28. The smallest absolute Gasteiger partial charge is 0.0166 e. The van der Waals surface area contributed by atoms with Crippen molar-refractivity contribution < 1.29 is 0 Å². The average Bonchev–Trinajstić information content (AvgIpc) is 2.18. The van der Waals surface area contributed by atoms with Crippen molar-refractivity contribution in [3.05, 3.63) is 42.9 Å². The third-order valence-corrected chi connectivity index (χ3v) is 2.14. The van der Waals surface area contributed by atoms with Crippen molar-refractivity contribution in [2.45, 2.75) is 38.5 Å². The highest BCUT2D eigenvalue weighted by molar-refractivity contribution is 5.05. The number of hydrogen-bond acceptors (Lipinski definition) is 0. The van der Waals surface area contributed by atoms with Crippen molar-refractivity contribution in [1.82, 2.24) is 0 Å². The van der Waals surface area contributed by atoms with E-state index >= 15 is 0 Å². The monoisotopic (exact) mass is 175 g/mol. The van der Waals surface area contributed by atoms with Crippen molar-refractivity contribution in [1.29, 1.82) is 0 Å². The second kappa shape index (κ2) is 7.85. The minimum absolute atomic E-state index is 1.08. The highest BCUT2D eigenvalue weighted by Crippen LogP contribution is 2.06. The normalized spacial score (nSPS) is 20.3. The summed E-state index contributed by atoms with van der Waals surface area (Å²) >= 11 is 0. The van der Waals surface area contributed by atoms with Crippen LogP contribution in [0.5, 0.6) is 0 Å². The van der Waals surface area contributed by atoms with Gasteiger partial charge in [-0.3, -0.25) is 0 Å². The zero-order valence-electron chi connectivity index (χ0n) is 8.28. The van der Waals surface area contributed by atoms with Crippen LogP contribution in [0.2, 0.25) is 0 Å². The second-order valence-electron chi connectivity index (χ2n) is 3.36. The van der Waals surface area contributed by atoms with E-state index in [4.69, 9.17) is 0 Å². The molecule has 0 N–H and O–H groups in total. The van der Waals surface area contributed by atoms with Gasteiger partial charge in [0.2, 0.25) is 0 Å². The molecule has 0 aromatic rings. The SMILES string of the molecule is [CH]1CCC=CC=CCC=CCCC1. The molecule has 0 spiro atoms. The lowest BCUT2D eigenvalue weighted by atomic mass is 10.1. The summed E-state index contributed by atoms with van der Waals surface area (Å²) in [5.74, 6) is 0. The Morgan fingerprint density at radius 1 is 0.615 bits per heavy atom. The summed E-state index contributed by atoms with van der Waals surface area (Å²) in [4.78, 5) is 0. The Bertz CT molecular complexity index is 184. The van der Waals surface area contributed by atoms with Gasteiger partial charge in [0.05, 0.1) is 0 Å². The summed E-state index contributed by atoms with van der Waals surface area (Å²) < 4.78 is 0. The van der Waals surface area contributed by atoms with Gasteiger partial charge in [-0.15, -0.1) is 0 Å². The van der Waals surface area contributed by atoms with Crippen molar-refractivity contribution in [2.75, 3.05) is 0 Å². The molecule has 1 aliphatic rings. The lowest BCUT2D eigenvalue weighted by molar-refractivity contribution is 0.778. The molecule has 0 amide bonds. The Kier molecular flexibility index (Phi) is 6.22. The third kappa shape index (κ3) is 6.39. The topological polar surface area (TPSA) is 0 Å². The Hall–Kier alpha value is -0.780. The van der Waals surface area contributed by atoms with Crippen LogP contribution in [0, 0.1) is 6.42 Å². The highest BCUT2D eigenvalue weighted by Gasteiger charge is 1.87. The summed E-state index contributed by atoms with van der Waals surface area (Å²) in [5.41, 5.74) is 0. The second-order valence-corrected chi connectivity index (χ2v) is 3.36. The molecular weight excluding hydrogens is 156 g/mol. The maximum Gasteiger partial charge on any atom is -0.0166 e. The molecule has 1 rings (SSSR count). The summed E-state index contributed by atoms with van der Waals surface area (Å²) in [7, 11) is 0. The molecule has 0 saturated carbocycles. The molecule has 0 unspecified atom stereocenters. The molecule has 0 aromatic carbocycles. The van der Waals surface area contributed by atoms with Crippen LogP contribution < -0.4 is 0 Å². The molecule has 0 nitrogen and oxygen atoms in total. The Balaban J connectivity index is 2.29. The number of allylic oxidation sites excluding steroid dienone is 6. The van der Waals surface area contributed by atoms with E-state index in [1.807, 2.05) is 0 Å². The predicted octanol–water partition coefficient (Wildman–Crippen LogP) is 4.21. The predicted molar refractivity (Wildman–Crippen MR) is 59.4 cm³/mol. The molecule has 0 bridgehead atoms. The standard InChI is InChI=1S/C13H19/c1-2-4-6-8-10-12-13-11-9-7-5-3-1/h1-4,7,9-10H,5-6,8,11-13H2. The molecule has 0 heterocycles. The van der Waals surface area contributed by atoms with Gasteiger partial charge in [-0.2, -0.15) is 0 Å². The van der Waals surface area contributed by atoms with Crippen LogP contribution in [0.1, 0.15) is 38.5 Å². The molecule has 71 valence electrons. The molecule has 0 atom stereocenters.